The summed E-state index contributed by atoms with van der Waals surface area (Å²) in [4.78, 5) is 27.6. The largest absolute Gasteiger partial charge is 0.366 e. The van der Waals surface area contributed by atoms with Crippen LogP contribution in [0.4, 0.5) is 5.82 Å². The molecule has 0 spiro atoms. The predicted octanol–water partition coefficient (Wildman–Crippen LogP) is 3.24. The number of anilines is 1. The van der Waals surface area contributed by atoms with E-state index in [1.165, 1.54) is 32.1 Å². The van der Waals surface area contributed by atoms with E-state index in [-0.39, 0.29) is 1.43 Å². The van der Waals surface area contributed by atoms with Gasteiger partial charge in [-0.2, -0.15) is 0 Å². The van der Waals surface area contributed by atoms with Crippen molar-refractivity contribution >= 4 is 22.9 Å². The highest BCUT2D eigenvalue weighted by Crippen LogP contribution is 2.27. The molecule has 0 aliphatic carbocycles. The minimum absolute atomic E-state index is 0. The SMILES string of the molecule is Cc1ccc(C(N)=O)cc1-n1cnc2c(N3CCCCCCC3)ncnc21.[HH]. The van der Waals surface area contributed by atoms with Crippen LogP contribution in [0.3, 0.4) is 0 Å². The van der Waals surface area contributed by atoms with Gasteiger partial charge in [0.1, 0.15) is 12.7 Å². The van der Waals surface area contributed by atoms with Crippen molar-refractivity contribution < 1.29 is 6.22 Å². The molecule has 1 aliphatic rings. The van der Waals surface area contributed by atoms with Crippen molar-refractivity contribution in [2.24, 2.45) is 5.73 Å². The Morgan fingerprint density at radius 3 is 2.56 bits per heavy atom. The van der Waals surface area contributed by atoms with Crippen molar-refractivity contribution in [3.8, 4) is 5.69 Å². The number of rotatable bonds is 3. The lowest BCUT2D eigenvalue weighted by Gasteiger charge is -2.25. The fourth-order valence-electron chi connectivity index (χ4n) is 3.71. The fraction of sp³-hybridized carbons (Fsp3) is 0.400. The molecule has 0 radical (unpaired) electrons. The first-order valence-corrected chi connectivity index (χ1v) is 9.49. The molecule has 0 unspecified atom stereocenters. The van der Waals surface area contributed by atoms with E-state index in [1.54, 1.807) is 24.8 Å². The summed E-state index contributed by atoms with van der Waals surface area (Å²) < 4.78 is 1.91. The molecule has 0 atom stereocenters. The predicted molar refractivity (Wildman–Crippen MR) is 107 cm³/mol. The smallest absolute Gasteiger partial charge is 0.248 e. The normalized spacial score (nSPS) is 15.5. The van der Waals surface area contributed by atoms with E-state index in [2.05, 4.69) is 19.9 Å². The molecule has 1 saturated heterocycles. The van der Waals surface area contributed by atoms with Crippen molar-refractivity contribution in [2.75, 3.05) is 18.0 Å². The van der Waals surface area contributed by atoms with Crippen LogP contribution in [0.5, 0.6) is 0 Å². The zero-order chi connectivity index (χ0) is 18.8. The monoisotopic (exact) mass is 366 g/mol. The Hall–Kier alpha value is -2.96. The number of nitrogens with zero attached hydrogens (tertiary/aromatic N) is 5. The van der Waals surface area contributed by atoms with Crippen molar-refractivity contribution in [2.45, 2.75) is 39.0 Å². The molecule has 7 heteroatoms. The molecule has 3 heterocycles. The van der Waals surface area contributed by atoms with E-state index in [9.17, 15) is 4.79 Å². The average molecular weight is 366 g/mol. The molecule has 1 amide bonds. The van der Waals surface area contributed by atoms with Gasteiger partial charge < -0.3 is 10.6 Å². The average Bonchev–Trinajstić information content (AvgIpc) is 3.06. The Morgan fingerprint density at radius 1 is 1.07 bits per heavy atom. The number of hydrogen-bond donors (Lipinski definition) is 1. The number of carbonyl (C=O) groups is 1. The molecule has 0 saturated carbocycles. The van der Waals surface area contributed by atoms with Crippen LogP contribution in [-0.2, 0) is 0 Å². The van der Waals surface area contributed by atoms with Gasteiger partial charge in [-0.1, -0.05) is 25.3 Å². The van der Waals surface area contributed by atoms with E-state index >= 15 is 0 Å². The molecule has 2 aromatic heterocycles. The number of imidazole rings is 1. The van der Waals surface area contributed by atoms with Gasteiger partial charge in [0.2, 0.25) is 5.91 Å². The molecule has 0 bridgehead atoms. The number of nitrogens with two attached hydrogens (primary N) is 1. The van der Waals surface area contributed by atoms with Crippen LogP contribution in [0.1, 0.15) is 49.5 Å². The summed E-state index contributed by atoms with van der Waals surface area (Å²) in [5, 5.41) is 0. The van der Waals surface area contributed by atoms with Gasteiger partial charge in [0.25, 0.3) is 0 Å². The molecule has 3 aromatic rings. The minimum atomic E-state index is -0.448. The van der Waals surface area contributed by atoms with Crippen LogP contribution >= 0.6 is 0 Å². The number of carbonyl (C=O) groups excluding carboxylic acids is 1. The standard InChI is InChI=1S/C20H24N6O.H2/c1-14-7-8-15(18(21)27)11-16(14)26-13-24-17-19(22-12-23-20(17)26)25-9-5-3-2-4-6-10-25;/h7-8,11-13H,2-6,9-10H2,1H3,(H2,21,27);1H. The fourth-order valence-corrected chi connectivity index (χ4v) is 3.71. The summed E-state index contributed by atoms with van der Waals surface area (Å²) in [5.41, 5.74) is 9.33. The third-order valence-electron chi connectivity index (χ3n) is 5.22. The first-order chi connectivity index (χ1) is 13.1. The maximum Gasteiger partial charge on any atom is 0.248 e. The van der Waals surface area contributed by atoms with Gasteiger partial charge in [0, 0.05) is 20.1 Å². The lowest BCUT2D eigenvalue weighted by atomic mass is 10.1. The molecule has 142 valence electrons. The second kappa shape index (κ2) is 7.34. The number of primary amides is 1. The van der Waals surface area contributed by atoms with E-state index < -0.39 is 5.91 Å². The van der Waals surface area contributed by atoms with Crippen LogP contribution in [0.2, 0.25) is 0 Å². The molecule has 1 fully saturated rings. The van der Waals surface area contributed by atoms with E-state index in [0.717, 1.165) is 41.3 Å². The molecular formula is C20H26N6O. The van der Waals surface area contributed by atoms with E-state index in [1.807, 2.05) is 17.6 Å². The van der Waals surface area contributed by atoms with Crippen LogP contribution in [0, 0.1) is 6.92 Å². The highest BCUT2D eigenvalue weighted by atomic mass is 16.1. The Kier molecular flexibility index (Phi) is 4.75. The molecule has 2 N–H and O–H groups in total. The summed E-state index contributed by atoms with van der Waals surface area (Å²) in [6.07, 6.45) is 9.54. The summed E-state index contributed by atoms with van der Waals surface area (Å²) in [6.45, 7) is 3.98. The third-order valence-corrected chi connectivity index (χ3v) is 5.22. The van der Waals surface area contributed by atoms with Gasteiger partial charge in [0.15, 0.2) is 17.0 Å². The molecule has 4 rings (SSSR count). The summed E-state index contributed by atoms with van der Waals surface area (Å²) >= 11 is 0. The van der Waals surface area contributed by atoms with Gasteiger partial charge in [-0.25, -0.2) is 15.0 Å². The molecule has 7 nitrogen and oxygen atoms in total. The minimum Gasteiger partial charge on any atom is -0.366 e. The first-order valence-electron chi connectivity index (χ1n) is 9.49. The molecule has 27 heavy (non-hydrogen) atoms. The zero-order valence-electron chi connectivity index (χ0n) is 15.6. The molecular weight excluding hydrogens is 340 g/mol. The van der Waals surface area contributed by atoms with E-state index in [4.69, 9.17) is 5.73 Å². The van der Waals surface area contributed by atoms with E-state index in [0.29, 0.717) is 5.56 Å². The number of fused-ring (bicyclic) bond motifs is 1. The lowest BCUT2D eigenvalue weighted by molar-refractivity contribution is 0.100. The second-order valence-corrected chi connectivity index (χ2v) is 7.10. The van der Waals surface area contributed by atoms with Gasteiger partial charge in [0.05, 0.1) is 5.69 Å². The maximum atomic E-state index is 11.6. The van der Waals surface area contributed by atoms with Crippen LogP contribution in [-0.4, -0.2) is 38.5 Å². The Morgan fingerprint density at radius 2 is 1.81 bits per heavy atom. The highest BCUT2D eigenvalue weighted by Gasteiger charge is 2.18. The Bertz CT molecular complexity index is 978. The first kappa shape index (κ1) is 17.5. The highest BCUT2D eigenvalue weighted by molar-refractivity contribution is 5.94. The summed E-state index contributed by atoms with van der Waals surface area (Å²) in [6, 6.07) is 5.42. The lowest BCUT2D eigenvalue weighted by Crippen LogP contribution is -2.28. The summed E-state index contributed by atoms with van der Waals surface area (Å²) in [7, 11) is 0. The van der Waals surface area contributed by atoms with Gasteiger partial charge in [-0.05, 0) is 37.5 Å². The third kappa shape index (κ3) is 3.37. The Labute approximate surface area is 159 Å². The Balaban J connectivity index is 0.00000225. The molecule has 1 aromatic carbocycles. The molecule has 1 aliphatic heterocycles. The number of aryl methyl sites for hydroxylation is 1. The van der Waals surface area contributed by atoms with Crippen molar-refractivity contribution in [3.05, 3.63) is 42.0 Å². The van der Waals surface area contributed by atoms with Gasteiger partial charge in [-0.3, -0.25) is 9.36 Å². The number of aromatic nitrogens is 4. The van der Waals surface area contributed by atoms with Crippen molar-refractivity contribution in [1.82, 2.24) is 19.5 Å². The maximum absolute atomic E-state index is 11.6. The quantitative estimate of drug-likeness (QED) is 0.768. The van der Waals surface area contributed by atoms with Gasteiger partial charge >= 0.3 is 0 Å². The van der Waals surface area contributed by atoms with Gasteiger partial charge in [-0.15, -0.1) is 0 Å². The van der Waals surface area contributed by atoms with Crippen LogP contribution in [0.15, 0.2) is 30.9 Å². The zero-order valence-corrected chi connectivity index (χ0v) is 15.6. The topological polar surface area (TPSA) is 89.9 Å². The van der Waals surface area contributed by atoms with Crippen molar-refractivity contribution in [3.63, 3.8) is 0 Å². The number of benzene rings is 1. The number of amides is 1. The van der Waals surface area contributed by atoms with Crippen LogP contribution in [0.25, 0.3) is 16.9 Å². The van der Waals surface area contributed by atoms with Crippen LogP contribution < -0.4 is 10.6 Å². The van der Waals surface area contributed by atoms with Crippen molar-refractivity contribution in [1.29, 1.82) is 0 Å². The number of hydrogen-bond acceptors (Lipinski definition) is 5. The second-order valence-electron chi connectivity index (χ2n) is 7.10. The summed E-state index contributed by atoms with van der Waals surface area (Å²) in [5.74, 6) is 0.445.